The summed E-state index contributed by atoms with van der Waals surface area (Å²) >= 11 is 0. The van der Waals surface area contributed by atoms with E-state index in [0.29, 0.717) is 6.42 Å². The smallest absolute Gasteiger partial charge is 0.0994 e. The fourth-order valence-electron chi connectivity index (χ4n) is 1.51. The van der Waals surface area contributed by atoms with E-state index < -0.39 is 0 Å². The summed E-state index contributed by atoms with van der Waals surface area (Å²) in [7, 11) is 0. The summed E-state index contributed by atoms with van der Waals surface area (Å²) < 4.78 is 0. The normalized spacial score (nSPS) is 9.62. The number of aliphatic hydroxyl groups excluding tert-OH is 1. The first-order valence-electron chi connectivity index (χ1n) is 4.45. The van der Waals surface area contributed by atoms with E-state index in [-0.39, 0.29) is 6.61 Å². The summed E-state index contributed by atoms with van der Waals surface area (Å²) in [5.74, 6) is 0. The van der Waals surface area contributed by atoms with E-state index in [2.05, 4.69) is 6.07 Å². The Bertz CT molecular complexity index is 325. The van der Waals surface area contributed by atoms with Gasteiger partial charge in [-0.25, -0.2) is 0 Å². The molecule has 0 saturated carbocycles. The molecule has 0 heterocycles. The predicted molar refractivity (Wildman–Crippen MR) is 51.3 cm³/mol. The Kier molecular flexibility index (Phi) is 3.48. The lowest BCUT2D eigenvalue weighted by Crippen LogP contribution is -1.99. The Balaban J connectivity index is 3.13. The van der Waals surface area contributed by atoms with Gasteiger partial charge in [0.2, 0.25) is 0 Å². The van der Waals surface area contributed by atoms with Crippen LogP contribution in [0.1, 0.15) is 23.6 Å². The average molecular weight is 175 g/mol. The minimum absolute atomic E-state index is 0.141. The maximum absolute atomic E-state index is 8.83. The van der Waals surface area contributed by atoms with Crippen molar-refractivity contribution in [3.05, 3.63) is 34.9 Å². The zero-order chi connectivity index (χ0) is 9.68. The van der Waals surface area contributed by atoms with Gasteiger partial charge in [0.25, 0.3) is 0 Å². The lowest BCUT2D eigenvalue weighted by atomic mass is 9.98. The van der Waals surface area contributed by atoms with Crippen LogP contribution >= 0.6 is 0 Å². The molecule has 0 radical (unpaired) electrons. The highest BCUT2D eigenvalue weighted by Crippen LogP contribution is 2.15. The lowest BCUT2D eigenvalue weighted by molar-refractivity contribution is 0.299. The standard InChI is InChI=1S/C11H13NO/c1-2-11-9(6-7-13)4-3-5-10(11)8-12/h3-5,13H,2,6-7H2,1H3. The Morgan fingerprint density at radius 3 is 2.77 bits per heavy atom. The molecule has 0 aromatic heterocycles. The predicted octanol–water partition coefficient (Wildman–Crippen LogP) is 1.66. The van der Waals surface area contributed by atoms with Gasteiger partial charge in [-0.3, -0.25) is 0 Å². The number of benzene rings is 1. The highest BCUT2D eigenvalue weighted by Gasteiger charge is 2.04. The molecule has 0 fully saturated rings. The molecule has 0 spiro atoms. The van der Waals surface area contributed by atoms with Crippen LogP contribution in [0.4, 0.5) is 0 Å². The van der Waals surface area contributed by atoms with Crippen molar-refractivity contribution in [3.63, 3.8) is 0 Å². The molecule has 0 bridgehead atoms. The monoisotopic (exact) mass is 175 g/mol. The van der Waals surface area contributed by atoms with E-state index in [9.17, 15) is 0 Å². The molecule has 68 valence electrons. The number of nitriles is 1. The SMILES string of the molecule is CCc1c(C#N)cccc1CCO. The van der Waals surface area contributed by atoms with Crippen molar-refractivity contribution < 1.29 is 5.11 Å². The van der Waals surface area contributed by atoms with Gasteiger partial charge in [-0.2, -0.15) is 5.26 Å². The van der Waals surface area contributed by atoms with Gasteiger partial charge in [-0.15, -0.1) is 0 Å². The second-order valence-electron chi connectivity index (χ2n) is 2.88. The third-order valence-electron chi connectivity index (χ3n) is 2.13. The number of hydrogen-bond donors (Lipinski definition) is 1. The van der Waals surface area contributed by atoms with E-state index in [4.69, 9.17) is 10.4 Å². The highest BCUT2D eigenvalue weighted by molar-refractivity contribution is 5.42. The minimum atomic E-state index is 0.141. The Morgan fingerprint density at radius 2 is 2.23 bits per heavy atom. The maximum Gasteiger partial charge on any atom is 0.0994 e. The topological polar surface area (TPSA) is 44.0 Å². The van der Waals surface area contributed by atoms with Crippen molar-refractivity contribution in [3.8, 4) is 6.07 Å². The number of rotatable bonds is 3. The fraction of sp³-hybridized carbons (Fsp3) is 0.364. The summed E-state index contributed by atoms with van der Waals surface area (Å²) in [6.07, 6.45) is 1.48. The quantitative estimate of drug-likeness (QED) is 0.759. The van der Waals surface area contributed by atoms with Crippen LogP contribution in [0, 0.1) is 11.3 Å². The zero-order valence-corrected chi connectivity index (χ0v) is 7.75. The third-order valence-corrected chi connectivity index (χ3v) is 2.13. The van der Waals surface area contributed by atoms with Crippen LogP contribution in [0.25, 0.3) is 0 Å². The molecule has 1 aromatic carbocycles. The van der Waals surface area contributed by atoms with Crippen molar-refractivity contribution >= 4 is 0 Å². The van der Waals surface area contributed by atoms with Crippen LogP contribution in [0.2, 0.25) is 0 Å². The summed E-state index contributed by atoms with van der Waals surface area (Å²) in [6, 6.07) is 7.81. The first-order valence-corrected chi connectivity index (χ1v) is 4.45. The van der Waals surface area contributed by atoms with Gasteiger partial charge in [0.1, 0.15) is 0 Å². The molecule has 0 aliphatic heterocycles. The van der Waals surface area contributed by atoms with Crippen molar-refractivity contribution in [2.45, 2.75) is 19.8 Å². The molecule has 0 amide bonds. The molecule has 0 unspecified atom stereocenters. The van der Waals surface area contributed by atoms with Crippen LogP contribution < -0.4 is 0 Å². The molecule has 0 atom stereocenters. The van der Waals surface area contributed by atoms with Gasteiger partial charge in [0.15, 0.2) is 0 Å². The Labute approximate surface area is 78.4 Å². The molecule has 1 aromatic rings. The first-order chi connectivity index (χ1) is 6.33. The van der Waals surface area contributed by atoms with E-state index >= 15 is 0 Å². The largest absolute Gasteiger partial charge is 0.396 e. The summed E-state index contributed by atoms with van der Waals surface area (Å²) in [5, 5.41) is 17.7. The number of aliphatic hydroxyl groups is 1. The minimum Gasteiger partial charge on any atom is -0.396 e. The Morgan fingerprint density at radius 1 is 1.46 bits per heavy atom. The van der Waals surface area contributed by atoms with Crippen LogP contribution in [0.15, 0.2) is 18.2 Å². The molecular formula is C11H13NO. The van der Waals surface area contributed by atoms with Crippen molar-refractivity contribution in [1.29, 1.82) is 5.26 Å². The van der Waals surface area contributed by atoms with E-state index in [0.717, 1.165) is 23.1 Å². The molecule has 13 heavy (non-hydrogen) atoms. The molecular weight excluding hydrogens is 162 g/mol. The summed E-state index contributed by atoms with van der Waals surface area (Å²) in [4.78, 5) is 0. The summed E-state index contributed by atoms with van der Waals surface area (Å²) in [6.45, 7) is 2.17. The number of hydrogen-bond acceptors (Lipinski definition) is 2. The van der Waals surface area contributed by atoms with E-state index in [1.54, 1.807) is 0 Å². The van der Waals surface area contributed by atoms with Crippen molar-refractivity contribution in [2.24, 2.45) is 0 Å². The first kappa shape index (κ1) is 9.76. The van der Waals surface area contributed by atoms with E-state index in [1.807, 2.05) is 25.1 Å². The van der Waals surface area contributed by atoms with Crippen LogP contribution in [0.3, 0.4) is 0 Å². The van der Waals surface area contributed by atoms with Crippen molar-refractivity contribution in [1.82, 2.24) is 0 Å². The molecule has 1 N–H and O–H groups in total. The maximum atomic E-state index is 8.83. The van der Waals surface area contributed by atoms with Crippen LogP contribution in [0.5, 0.6) is 0 Å². The summed E-state index contributed by atoms with van der Waals surface area (Å²) in [5.41, 5.74) is 2.89. The van der Waals surface area contributed by atoms with Gasteiger partial charge in [-0.1, -0.05) is 19.1 Å². The molecule has 0 saturated heterocycles. The van der Waals surface area contributed by atoms with Crippen LogP contribution in [-0.2, 0) is 12.8 Å². The van der Waals surface area contributed by atoms with Gasteiger partial charge < -0.3 is 5.11 Å². The third kappa shape index (κ3) is 2.07. The van der Waals surface area contributed by atoms with Crippen LogP contribution in [-0.4, -0.2) is 11.7 Å². The zero-order valence-electron chi connectivity index (χ0n) is 7.75. The van der Waals surface area contributed by atoms with Crippen molar-refractivity contribution in [2.75, 3.05) is 6.61 Å². The number of nitrogens with zero attached hydrogens (tertiary/aromatic N) is 1. The van der Waals surface area contributed by atoms with Gasteiger partial charge in [0.05, 0.1) is 11.6 Å². The molecule has 2 heteroatoms. The second kappa shape index (κ2) is 4.64. The van der Waals surface area contributed by atoms with Gasteiger partial charge >= 0.3 is 0 Å². The fourth-order valence-corrected chi connectivity index (χ4v) is 1.51. The molecule has 0 aliphatic rings. The molecule has 2 nitrogen and oxygen atoms in total. The molecule has 1 rings (SSSR count). The average Bonchev–Trinajstić information content (AvgIpc) is 2.18. The Hall–Kier alpha value is -1.33. The highest BCUT2D eigenvalue weighted by atomic mass is 16.2. The van der Waals surface area contributed by atoms with E-state index in [1.165, 1.54) is 0 Å². The second-order valence-corrected chi connectivity index (χ2v) is 2.88. The lowest BCUT2D eigenvalue weighted by Gasteiger charge is -2.07. The van der Waals surface area contributed by atoms with Gasteiger partial charge in [0, 0.05) is 6.61 Å². The molecule has 0 aliphatic carbocycles. The van der Waals surface area contributed by atoms with Gasteiger partial charge in [-0.05, 0) is 30.0 Å².